The van der Waals surface area contributed by atoms with E-state index in [1.54, 1.807) is 0 Å². The van der Waals surface area contributed by atoms with E-state index in [9.17, 15) is 0 Å². The lowest BCUT2D eigenvalue weighted by atomic mass is 10.1. The minimum atomic E-state index is 1.18. The third-order valence-electron chi connectivity index (χ3n) is 3.06. The lowest BCUT2D eigenvalue weighted by Gasteiger charge is -2.15. The SMILES string of the molecule is Brc1c2n(c3ccccc13)CCCC2. The molecule has 0 saturated carbocycles. The van der Waals surface area contributed by atoms with E-state index in [4.69, 9.17) is 0 Å². The number of fused-ring (bicyclic) bond motifs is 3. The zero-order valence-corrected chi connectivity index (χ0v) is 9.55. The van der Waals surface area contributed by atoms with Crippen molar-refractivity contribution in [1.82, 2.24) is 4.57 Å². The quantitative estimate of drug-likeness (QED) is 0.671. The zero-order valence-electron chi connectivity index (χ0n) is 7.96. The van der Waals surface area contributed by atoms with Crippen molar-refractivity contribution in [1.29, 1.82) is 0 Å². The van der Waals surface area contributed by atoms with Gasteiger partial charge in [-0.2, -0.15) is 0 Å². The highest BCUT2D eigenvalue weighted by molar-refractivity contribution is 9.10. The Morgan fingerprint density at radius 1 is 1.14 bits per heavy atom. The molecular formula is C12H12BrN. The molecule has 1 aromatic heterocycles. The van der Waals surface area contributed by atoms with Crippen LogP contribution < -0.4 is 0 Å². The molecule has 2 aromatic rings. The molecule has 0 unspecified atom stereocenters. The molecule has 2 heterocycles. The molecular weight excluding hydrogens is 238 g/mol. The average Bonchev–Trinajstić information content (AvgIpc) is 2.55. The van der Waals surface area contributed by atoms with Gasteiger partial charge in [0.05, 0.1) is 0 Å². The number of aromatic nitrogens is 1. The van der Waals surface area contributed by atoms with Crippen LogP contribution in [-0.4, -0.2) is 4.57 Å². The predicted molar refractivity (Wildman–Crippen MR) is 62.6 cm³/mol. The second-order valence-electron chi connectivity index (χ2n) is 3.89. The van der Waals surface area contributed by atoms with Gasteiger partial charge in [-0.1, -0.05) is 18.2 Å². The number of rotatable bonds is 0. The van der Waals surface area contributed by atoms with Crippen LogP contribution in [0.1, 0.15) is 18.5 Å². The second-order valence-corrected chi connectivity index (χ2v) is 4.68. The highest BCUT2D eigenvalue weighted by atomic mass is 79.9. The van der Waals surface area contributed by atoms with E-state index in [0.717, 1.165) is 0 Å². The van der Waals surface area contributed by atoms with Crippen molar-refractivity contribution >= 4 is 26.8 Å². The van der Waals surface area contributed by atoms with Crippen molar-refractivity contribution in [3.8, 4) is 0 Å². The molecule has 1 aromatic carbocycles. The molecule has 1 aliphatic rings. The molecule has 0 fully saturated rings. The molecule has 2 heteroatoms. The standard InChI is InChI=1S/C12H12BrN/c13-12-9-5-1-2-6-10(9)14-8-4-3-7-11(12)14/h1-2,5-6H,3-4,7-8H2. The first-order valence-corrected chi connectivity index (χ1v) is 5.93. The van der Waals surface area contributed by atoms with E-state index in [1.807, 2.05) is 0 Å². The Labute approximate surface area is 91.9 Å². The molecule has 0 atom stereocenters. The minimum Gasteiger partial charge on any atom is -0.343 e. The van der Waals surface area contributed by atoms with Crippen LogP contribution in [0.5, 0.6) is 0 Å². The van der Waals surface area contributed by atoms with Gasteiger partial charge in [-0.05, 0) is 41.3 Å². The van der Waals surface area contributed by atoms with Gasteiger partial charge in [0.1, 0.15) is 0 Å². The fraction of sp³-hybridized carbons (Fsp3) is 0.333. The van der Waals surface area contributed by atoms with Gasteiger partial charge in [-0.3, -0.25) is 0 Å². The van der Waals surface area contributed by atoms with Gasteiger partial charge in [0.15, 0.2) is 0 Å². The third kappa shape index (κ3) is 1.07. The summed E-state index contributed by atoms with van der Waals surface area (Å²) in [4.78, 5) is 0. The normalized spacial score (nSPS) is 15.8. The summed E-state index contributed by atoms with van der Waals surface area (Å²) in [7, 11) is 0. The maximum atomic E-state index is 3.72. The smallest absolute Gasteiger partial charge is 0.0494 e. The highest BCUT2D eigenvalue weighted by Gasteiger charge is 2.17. The second kappa shape index (κ2) is 3.13. The summed E-state index contributed by atoms with van der Waals surface area (Å²) in [6.07, 6.45) is 3.86. The van der Waals surface area contributed by atoms with Crippen LogP contribution in [0, 0.1) is 0 Å². The summed E-state index contributed by atoms with van der Waals surface area (Å²) >= 11 is 3.72. The minimum absolute atomic E-state index is 1.18. The molecule has 72 valence electrons. The van der Waals surface area contributed by atoms with Gasteiger partial charge in [0, 0.05) is 27.6 Å². The Hall–Kier alpha value is -0.760. The van der Waals surface area contributed by atoms with Crippen molar-refractivity contribution < 1.29 is 0 Å². The monoisotopic (exact) mass is 249 g/mol. The van der Waals surface area contributed by atoms with Crippen molar-refractivity contribution in [2.24, 2.45) is 0 Å². The van der Waals surface area contributed by atoms with Crippen LogP contribution in [-0.2, 0) is 13.0 Å². The van der Waals surface area contributed by atoms with Gasteiger partial charge in [0.2, 0.25) is 0 Å². The van der Waals surface area contributed by atoms with Crippen molar-refractivity contribution in [3.63, 3.8) is 0 Å². The number of hydrogen-bond acceptors (Lipinski definition) is 0. The van der Waals surface area contributed by atoms with Crippen LogP contribution in [0.3, 0.4) is 0 Å². The van der Waals surface area contributed by atoms with Crippen LogP contribution in [0.2, 0.25) is 0 Å². The number of aryl methyl sites for hydroxylation is 1. The number of hydrogen-bond donors (Lipinski definition) is 0. The Kier molecular flexibility index (Phi) is 1.91. The summed E-state index contributed by atoms with van der Waals surface area (Å²) in [5, 5.41) is 1.37. The maximum Gasteiger partial charge on any atom is 0.0494 e. The number of benzene rings is 1. The van der Waals surface area contributed by atoms with Gasteiger partial charge in [-0.25, -0.2) is 0 Å². The number of halogens is 1. The van der Waals surface area contributed by atoms with E-state index in [-0.39, 0.29) is 0 Å². The van der Waals surface area contributed by atoms with Gasteiger partial charge >= 0.3 is 0 Å². The number of para-hydroxylation sites is 1. The molecule has 1 nitrogen and oxygen atoms in total. The van der Waals surface area contributed by atoms with E-state index in [1.165, 1.54) is 46.9 Å². The molecule has 1 aliphatic heterocycles. The fourth-order valence-corrected chi connectivity index (χ4v) is 3.12. The molecule has 0 spiro atoms. The summed E-state index contributed by atoms with van der Waals surface area (Å²) in [5.41, 5.74) is 2.87. The predicted octanol–water partition coefficient (Wildman–Crippen LogP) is 3.74. The van der Waals surface area contributed by atoms with Crippen LogP contribution in [0.4, 0.5) is 0 Å². The van der Waals surface area contributed by atoms with E-state index in [2.05, 4.69) is 44.8 Å². The molecule has 0 radical (unpaired) electrons. The fourth-order valence-electron chi connectivity index (χ4n) is 2.38. The summed E-state index contributed by atoms with van der Waals surface area (Å²) < 4.78 is 3.77. The third-order valence-corrected chi connectivity index (χ3v) is 3.94. The first-order chi connectivity index (χ1) is 6.88. The first kappa shape index (κ1) is 8.54. The van der Waals surface area contributed by atoms with Crippen molar-refractivity contribution in [2.45, 2.75) is 25.8 Å². The molecule has 3 rings (SSSR count). The number of nitrogens with zero attached hydrogens (tertiary/aromatic N) is 1. The Morgan fingerprint density at radius 2 is 2.00 bits per heavy atom. The Bertz CT molecular complexity index is 484. The zero-order chi connectivity index (χ0) is 9.54. The molecule has 0 saturated heterocycles. The van der Waals surface area contributed by atoms with Gasteiger partial charge in [-0.15, -0.1) is 0 Å². The van der Waals surface area contributed by atoms with Crippen LogP contribution in [0.25, 0.3) is 10.9 Å². The van der Waals surface area contributed by atoms with E-state index < -0.39 is 0 Å². The summed E-state index contributed by atoms with van der Waals surface area (Å²) in [6, 6.07) is 8.65. The molecule has 0 bridgehead atoms. The maximum absolute atomic E-state index is 3.72. The van der Waals surface area contributed by atoms with Crippen LogP contribution in [0.15, 0.2) is 28.7 Å². The Balaban J connectivity index is 2.41. The largest absolute Gasteiger partial charge is 0.343 e. The van der Waals surface area contributed by atoms with Gasteiger partial charge < -0.3 is 4.57 Å². The van der Waals surface area contributed by atoms with E-state index in [0.29, 0.717) is 0 Å². The molecule has 0 aliphatic carbocycles. The van der Waals surface area contributed by atoms with Gasteiger partial charge in [0.25, 0.3) is 0 Å². The topological polar surface area (TPSA) is 4.93 Å². The molecule has 0 N–H and O–H groups in total. The van der Waals surface area contributed by atoms with Crippen molar-refractivity contribution in [2.75, 3.05) is 0 Å². The summed E-state index contributed by atoms with van der Waals surface area (Å²) in [5.74, 6) is 0. The van der Waals surface area contributed by atoms with E-state index >= 15 is 0 Å². The lowest BCUT2D eigenvalue weighted by Crippen LogP contribution is -2.09. The lowest BCUT2D eigenvalue weighted by molar-refractivity contribution is 0.543. The molecule has 0 amide bonds. The van der Waals surface area contributed by atoms with Crippen LogP contribution >= 0.6 is 15.9 Å². The average molecular weight is 250 g/mol. The summed E-state index contributed by atoms with van der Waals surface area (Å²) in [6.45, 7) is 1.18. The van der Waals surface area contributed by atoms with Crippen molar-refractivity contribution in [3.05, 3.63) is 34.4 Å². The highest BCUT2D eigenvalue weighted by Crippen LogP contribution is 2.34. The molecule has 14 heavy (non-hydrogen) atoms. The Morgan fingerprint density at radius 3 is 2.93 bits per heavy atom. The first-order valence-electron chi connectivity index (χ1n) is 5.13.